The van der Waals surface area contributed by atoms with E-state index in [1.54, 1.807) is 0 Å². The Morgan fingerprint density at radius 3 is 1.75 bits per heavy atom. The second-order valence-corrected chi connectivity index (χ2v) is 14.4. The van der Waals surface area contributed by atoms with Crippen LogP contribution in [0.5, 0.6) is 0 Å². The highest BCUT2D eigenvalue weighted by molar-refractivity contribution is 6.16. The van der Waals surface area contributed by atoms with Gasteiger partial charge in [-0.1, -0.05) is 146 Å². The highest BCUT2D eigenvalue weighted by atomic mass is 16.3. The van der Waals surface area contributed by atoms with Crippen LogP contribution in [0.15, 0.2) is 192 Å². The van der Waals surface area contributed by atoms with Crippen LogP contribution in [0.1, 0.15) is 22.3 Å². The Bertz CT molecular complexity index is 3090. The molecular formula is C51H31NO. The van der Waals surface area contributed by atoms with Crippen molar-refractivity contribution in [1.82, 2.24) is 0 Å². The smallest absolute Gasteiger partial charge is 0.159 e. The third-order valence-electron chi connectivity index (χ3n) is 11.8. The molecule has 0 fully saturated rings. The molecule has 0 N–H and O–H groups in total. The van der Waals surface area contributed by atoms with E-state index in [-0.39, 0.29) is 0 Å². The Labute approximate surface area is 306 Å². The van der Waals surface area contributed by atoms with Gasteiger partial charge in [0.15, 0.2) is 5.58 Å². The number of fused-ring (bicyclic) bond motifs is 16. The molecule has 1 spiro atoms. The van der Waals surface area contributed by atoms with Gasteiger partial charge in [0.25, 0.3) is 0 Å². The lowest BCUT2D eigenvalue weighted by molar-refractivity contribution is 0.669. The fraction of sp³-hybridized carbons (Fsp3) is 0.0196. The second kappa shape index (κ2) is 10.6. The van der Waals surface area contributed by atoms with Crippen molar-refractivity contribution in [3.8, 4) is 22.3 Å². The Morgan fingerprint density at radius 1 is 0.377 bits per heavy atom. The zero-order valence-corrected chi connectivity index (χ0v) is 28.8. The molecule has 12 rings (SSSR count). The van der Waals surface area contributed by atoms with Gasteiger partial charge >= 0.3 is 0 Å². The van der Waals surface area contributed by atoms with Gasteiger partial charge in [-0.05, 0) is 103 Å². The molecule has 0 saturated heterocycles. The van der Waals surface area contributed by atoms with E-state index in [0.29, 0.717) is 0 Å². The molecule has 2 nitrogen and oxygen atoms in total. The molecule has 0 aliphatic heterocycles. The molecule has 0 bridgehead atoms. The molecule has 1 heterocycles. The number of anilines is 3. The lowest BCUT2D eigenvalue weighted by Gasteiger charge is -2.33. The molecule has 0 atom stereocenters. The lowest BCUT2D eigenvalue weighted by atomic mass is 9.70. The minimum Gasteiger partial charge on any atom is -0.454 e. The molecule has 0 saturated carbocycles. The number of hydrogen-bond acceptors (Lipinski definition) is 2. The molecule has 246 valence electrons. The molecule has 1 aromatic heterocycles. The molecule has 10 aromatic rings. The van der Waals surface area contributed by atoms with E-state index in [2.05, 4.69) is 187 Å². The summed E-state index contributed by atoms with van der Waals surface area (Å²) in [4.78, 5) is 2.42. The fourth-order valence-electron chi connectivity index (χ4n) is 9.74. The van der Waals surface area contributed by atoms with Crippen LogP contribution >= 0.6 is 0 Å². The van der Waals surface area contributed by atoms with Crippen LogP contribution in [0.3, 0.4) is 0 Å². The van der Waals surface area contributed by atoms with Gasteiger partial charge in [0.1, 0.15) is 5.58 Å². The lowest BCUT2D eigenvalue weighted by Crippen LogP contribution is -2.26. The summed E-state index contributed by atoms with van der Waals surface area (Å²) in [5.41, 5.74) is 15.0. The fourth-order valence-corrected chi connectivity index (χ4v) is 9.74. The van der Waals surface area contributed by atoms with Gasteiger partial charge in [0.05, 0.1) is 16.8 Å². The number of benzene rings is 9. The molecule has 0 amide bonds. The maximum absolute atomic E-state index is 6.75. The Morgan fingerprint density at radius 2 is 0.981 bits per heavy atom. The Balaban J connectivity index is 1.26. The standard InChI is InChI=1S/C51H31NO/c1-2-17-34(18-3-1)52(46-27-14-24-40-38-22-10-13-28-48(38)53-50(40)46)47-31-45-49(39-23-7-6-21-37(39)47)41-29-32-15-4-5-16-33(32)30-44(41)51(45)42-25-11-8-19-35(42)36-20-9-12-26-43(36)51/h1-31H. The number of rotatable bonds is 3. The van der Waals surface area contributed by atoms with Crippen molar-refractivity contribution in [2.75, 3.05) is 4.90 Å². The van der Waals surface area contributed by atoms with E-state index >= 15 is 0 Å². The van der Waals surface area contributed by atoms with E-state index in [1.165, 1.54) is 66.1 Å². The normalized spacial score (nSPS) is 13.4. The number of hydrogen-bond donors (Lipinski definition) is 0. The first kappa shape index (κ1) is 28.8. The van der Waals surface area contributed by atoms with E-state index in [9.17, 15) is 0 Å². The third kappa shape index (κ3) is 3.72. The van der Waals surface area contributed by atoms with Crippen molar-refractivity contribution in [3.63, 3.8) is 0 Å². The summed E-state index contributed by atoms with van der Waals surface area (Å²) in [7, 11) is 0. The summed E-state index contributed by atoms with van der Waals surface area (Å²) in [6.45, 7) is 0. The van der Waals surface area contributed by atoms with E-state index < -0.39 is 5.41 Å². The topological polar surface area (TPSA) is 16.4 Å². The summed E-state index contributed by atoms with van der Waals surface area (Å²) in [5.74, 6) is 0. The number of furan rings is 1. The van der Waals surface area contributed by atoms with Crippen molar-refractivity contribution < 1.29 is 4.42 Å². The summed E-state index contributed by atoms with van der Waals surface area (Å²) in [6.07, 6.45) is 0. The first-order chi connectivity index (χ1) is 26.3. The van der Waals surface area contributed by atoms with Crippen molar-refractivity contribution >= 4 is 60.5 Å². The molecule has 53 heavy (non-hydrogen) atoms. The van der Waals surface area contributed by atoms with Crippen LogP contribution in [0.4, 0.5) is 17.1 Å². The summed E-state index contributed by atoms with van der Waals surface area (Å²) in [5, 5.41) is 7.18. The van der Waals surface area contributed by atoms with Crippen LogP contribution in [0.2, 0.25) is 0 Å². The van der Waals surface area contributed by atoms with Crippen LogP contribution in [-0.4, -0.2) is 0 Å². The van der Waals surface area contributed by atoms with Gasteiger partial charge < -0.3 is 9.32 Å². The summed E-state index contributed by atoms with van der Waals surface area (Å²) < 4.78 is 6.75. The van der Waals surface area contributed by atoms with Gasteiger partial charge in [0.2, 0.25) is 0 Å². The van der Waals surface area contributed by atoms with Gasteiger partial charge in [-0.15, -0.1) is 0 Å². The average molecular weight is 674 g/mol. The van der Waals surface area contributed by atoms with E-state index in [4.69, 9.17) is 4.42 Å². The minimum atomic E-state index is -0.506. The highest BCUT2D eigenvalue weighted by Crippen LogP contribution is 2.65. The largest absolute Gasteiger partial charge is 0.454 e. The second-order valence-electron chi connectivity index (χ2n) is 14.4. The summed E-state index contributed by atoms with van der Waals surface area (Å²) in [6, 6.07) is 69.0. The minimum absolute atomic E-state index is 0.506. The van der Waals surface area contributed by atoms with Crippen molar-refractivity contribution in [2.45, 2.75) is 5.41 Å². The third-order valence-corrected chi connectivity index (χ3v) is 11.8. The SMILES string of the molecule is c1ccc(N(c2cc3c(c4ccccc24)-c2cc4ccccc4cc2C32c3ccccc3-c3ccccc32)c2cccc3c2oc2ccccc23)cc1. The zero-order chi connectivity index (χ0) is 34.7. The first-order valence-corrected chi connectivity index (χ1v) is 18.4. The number of para-hydroxylation sites is 3. The highest BCUT2D eigenvalue weighted by Gasteiger charge is 2.52. The Hall–Kier alpha value is -6.90. The van der Waals surface area contributed by atoms with Crippen LogP contribution < -0.4 is 4.90 Å². The molecule has 2 aliphatic carbocycles. The monoisotopic (exact) mass is 673 g/mol. The summed E-state index contributed by atoms with van der Waals surface area (Å²) >= 11 is 0. The quantitative estimate of drug-likeness (QED) is 0.186. The van der Waals surface area contributed by atoms with E-state index in [1.807, 2.05) is 6.07 Å². The van der Waals surface area contributed by atoms with Crippen molar-refractivity contribution in [2.24, 2.45) is 0 Å². The van der Waals surface area contributed by atoms with Crippen molar-refractivity contribution in [3.05, 3.63) is 210 Å². The van der Waals surface area contributed by atoms with E-state index in [0.717, 1.165) is 39.0 Å². The van der Waals surface area contributed by atoms with Gasteiger partial charge in [-0.25, -0.2) is 0 Å². The Kier molecular flexibility index (Phi) is 5.73. The van der Waals surface area contributed by atoms with Gasteiger partial charge in [0, 0.05) is 21.8 Å². The molecule has 0 unspecified atom stereocenters. The van der Waals surface area contributed by atoms with Crippen LogP contribution in [0.25, 0.3) is 65.7 Å². The molecule has 9 aromatic carbocycles. The zero-order valence-electron chi connectivity index (χ0n) is 28.8. The van der Waals surface area contributed by atoms with Crippen LogP contribution in [0, 0.1) is 0 Å². The average Bonchev–Trinajstić information content (AvgIpc) is 3.85. The predicted octanol–water partition coefficient (Wildman–Crippen LogP) is 13.7. The predicted molar refractivity (Wildman–Crippen MR) is 220 cm³/mol. The van der Waals surface area contributed by atoms with Gasteiger partial charge in [-0.2, -0.15) is 0 Å². The molecular weight excluding hydrogens is 643 g/mol. The molecule has 2 aliphatic rings. The first-order valence-electron chi connectivity index (χ1n) is 18.4. The maximum Gasteiger partial charge on any atom is 0.159 e. The maximum atomic E-state index is 6.75. The van der Waals surface area contributed by atoms with Crippen LogP contribution in [-0.2, 0) is 5.41 Å². The number of nitrogens with zero attached hydrogens (tertiary/aromatic N) is 1. The van der Waals surface area contributed by atoms with Crippen molar-refractivity contribution in [1.29, 1.82) is 0 Å². The molecule has 0 radical (unpaired) electrons. The van der Waals surface area contributed by atoms with Gasteiger partial charge in [-0.3, -0.25) is 0 Å². The molecule has 2 heteroatoms.